The van der Waals surface area contributed by atoms with E-state index in [0.717, 1.165) is 5.56 Å². The number of hydrogen-bond acceptors (Lipinski definition) is 4. The Morgan fingerprint density at radius 2 is 2.21 bits per heavy atom. The van der Waals surface area contributed by atoms with E-state index in [1.807, 2.05) is 0 Å². The Hall–Kier alpha value is -1.95. The number of likely N-dealkylation sites (tertiary alicyclic amines) is 1. The van der Waals surface area contributed by atoms with E-state index in [1.165, 1.54) is 0 Å². The van der Waals surface area contributed by atoms with Crippen molar-refractivity contribution in [1.82, 2.24) is 9.88 Å². The van der Waals surface area contributed by atoms with E-state index in [-0.39, 0.29) is 11.8 Å². The number of hydrogen-bond donors (Lipinski definition) is 2. The molecular formula is C13H18N4O2. The van der Waals surface area contributed by atoms with Gasteiger partial charge in [0.25, 0.3) is 5.91 Å². The van der Waals surface area contributed by atoms with Crippen molar-refractivity contribution in [1.29, 1.82) is 0 Å². The van der Waals surface area contributed by atoms with Crippen molar-refractivity contribution in [3.63, 3.8) is 0 Å². The molecule has 19 heavy (non-hydrogen) atoms. The van der Waals surface area contributed by atoms with Crippen molar-refractivity contribution in [3.05, 3.63) is 29.6 Å². The summed E-state index contributed by atoms with van der Waals surface area (Å²) >= 11 is 0. The predicted octanol–water partition coefficient (Wildman–Crippen LogP) is -0.122. The maximum absolute atomic E-state index is 12.2. The largest absolute Gasteiger partial charge is 0.369 e. The molecule has 2 rings (SSSR count). The molecule has 0 radical (unpaired) electrons. The molecule has 1 aromatic heterocycles. The average molecular weight is 262 g/mol. The molecule has 1 saturated heterocycles. The van der Waals surface area contributed by atoms with Crippen LogP contribution >= 0.6 is 0 Å². The molecule has 1 aromatic rings. The van der Waals surface area contributed by atoms with Gasteiger partial charge in [-0.05, 0) is 25.0 Å². The zero-order chi connectivity index (χ0) is 14.0. The third kappa shape index (κ3) is 2.58. The number of pyridine rings is 1. The molecule has 1 atom stereocenters. The molecule has 4 N–H and O–H groups in total. The van der Waals surface area contributed by atoms with Crippen LogP contribution in [0.3, 0.4) is 0 Å². The highest BCUT2D eigenvalue weighted by Gasteiger charge is 2.40. The Balaban J connectivity index is 2.11. The van der Waals surface area contributed by atoms with Gasteiger partial charge in [0.15, 0.2) is 0 Å². The first-order valence-electron chi connectivity index (χ1n) is 6.20. The first kappa shape index (κ1) is 13.5. The number of carbonyl (C=O) groups is 2. The minimum absolute atomic E-state index is 0.173. The fourth-order valence-electron chi connectivity index (χ4n) is 2.17. The minimum atomic E-state index is -0.632. The van der Waals surface area contributed by atoms with E-state index in [9.17, 15) is 9.59 Å². The van der Waals surface area contributed by atoms with Crippen LogP contribution in [-0.4, -0.2) is 34.8 Å². The van der Waals surface area contributed by atoms with Crippen LogP contribution in [0.4, 0.5) is 0 Å². The third-order valence-electron chi connectivity index (χ3n) is 3.63. The number of rotatable bonds is 3. The molecule has 102 valence electrons. The van der Waals surface area contributed by atoms with Crippen LogP contribution in [0.5, 0.6) is 0 Å². The lowest BCUT2D eigenvalue weighted by Gasteiger charge is -2.20. The van der Waals surface area contributed by atoms with Gasteiger partial charge in [-0.2, -0.15) is 0 Å². The highest BCUT2D eigenvalue weighted by Crippen LogP contribution is 2.30. The summed E-state index contributed by atoms with van der Waals surface area (Å²) in [7, 11) is 0. The zero-order valence-electron chi connectivity index (χ0n) is 10.9. The first-order valence-corrected chi connectivity index (χ1v) is 6.20. The normalized spacial score (nSPS) is 22.5. The van der Waals surface area contributed by atoms with Crippen LogP contribution in [0, 0.1) is 5.41 Å². The Morgan fingerprint density at radius 1 is 1.47 bits per heavy atom. The fourth-order valence-corrected chi connectivity index (χ4v) is 2.17. The molecule has 1 aliphatic rings. The summed E-state index contributed by atoms with van der Waals surface area (Å²) in [6.07, 6.45) is 2.19. The molecule has 0 saturated carbocycles. The Labute approximate surface area is 111 Å². The molecule has 0 bridgehead atoms. The van der Waals surface area contributed by atoms with Gasteiger partial charge in [-0.15, -0.1) is 0 Å². The Kier molecular flexibility index (Phi) is 3.53. The van der Waals surface area contributed by atoms with Gasteiger partial charge in [-0.25, -0.2) is 0 Å². The molecule has 0 spiro atoms. The maximum Gasteiger partial charge on any atom is 0.272 e. The van der Waals surface area contributed by atoms with Crippen molar-refractivity contribution in [3.8, 4) is 0 Å². The number of amides is 2. The topological polar surface area (TPSA) is 102 Å². The summed E-state index contributed by atoms with van der Waals surface area (Å²) in [5.74, 6) is -0.539. The fraction of sp³-hybridized carbons (Fsp3) is 0.462. The van der Waals surface area contributed by atoms with Crippen molar-refractivity contribution < 1.29 is 9.59 Å². The van der Waals surface area contributed by atoms with Crippen molar-refractivity contribution in [2.75, 3.05) is 13.1 Å². The van der Waals surface area contributed by atoms with Crippen LogP contribution in [-0.2, 0) is 11.3 Å². The van der Waals surface area contributed by atoms with E-state index in [1.54, 1.807) is 30.2 Å². The molecule has 1 fully saturated rings. The Morgan fingerprint density at radius 3 is 2.68 bits per heavy atom. The molecule has 1 aliphatic heterocycles. The number of nitrogens with two attached hydrogens (primary N) is 2. The average Bonchev–Trinajstić information content (AvgIpc) is 2.82. The second kappa shape index (κ2) is 4.97. The lowest BCUT2D eigenvalue weighted by atomic mass is 9.89. The van der Waals surface area contributed by atoms with E-state index in [4.69, 9.17) is 11.5 Å². The maximum atomic E-state index is 12.2. The van der Waals surface area contributed by atoms with Gasteiger partial charge in [0.2, 0.25) is 5.91 Å². The quantitative estimate of drug-likeness (QED) is 0.792. The third-order valence-corrected chi connectivity index (χ3v) is 3.63. The minimum Gasteiger partial charge on any atom is -0.369 e. The molecule has 6 nitrogen and oxygen atoms in total. The zero-order valence-corrected chi connectivity index (χ0v) is 10.9. The molecule has 2 amide bonds. The SMILES string of the molecule is CC1(C(N)=O)CCN(C(=O)c2ccc(CN)cn2)C1. The summed E-state index contributed by atoms with van der Waals surface area (Å²) in [5, 5.41) is 0. The van der Waals surface area contributed by atoms with Gasteiger partial charge in [-0.3, -0.25) is 14.6 Å². The second-order valence-corrected chi connectivity index (χ2v) is 5.16. The van der Waals surface area contributed by atoms with Crippen molar-refractivity contribution >= 4 is 11.8 Å². The molecule has 0 aromatic carbocycles. The van der Waals surface area contributed by atoms with Crippen molar-refractivity contribution in [2.45, 2.75) is 19.9 Å². The summed E-state index contributed by atoms with van der Waals surface area (Å²) in [6.45, 7) is 3.05. The predicted molar refractivity (Wildman–Crippen MR) is 70.0 cm³/mol. The standard InChI is InChI=1S/C13H18N4O2/c1-13(12(15)19)4-5-17(8-13)11(18)10-3-2-9(6-14)7-16-10/h2-3,7H,4-6,8,14H2,1H3,(H2,15,19). The summed E-state index contributed by atoms with van der Waals surface area (Å²) < 4.78 is 0. The summed E-state index contributed by atoms with van der Waals surface area (Å²) in [6, 6.07) is 3.44. The number of nitrogens with zero attached hydrogens (tertiary/aromatic N) is 2. The van der Waals surface area contributed by atoms with Crippen molar-refractivity contribution in [2.24, 2.45) is 16.9 Å². The number of aromatic nitrogens is 1. The molecular weight excluding hydrogens is 244 g/mol. The lowest BCUT2D eigenvalue weighted by Crippen LogP contribution is -2.38. The van der Waals surface area contributed by atoms with Crippen LogP contribution in [0.15, 0.2) is 18.3 Å². The molecule has 2 heterocycles. The van der Waals surface area contributed by atoms with Gasteiger partial charge in [0, 0.05) is 25.8 Å². The van der Waals surface area contributed by atoms with E-state index in [2.05, 4.69) is 4.98 Å². The van der Waals surface area contributed by atoms with E-state index >= 15 is 0 Å². The highest BCUT2D eigenvalue weighted by molar-refractivity contribution is 5.93. The highest BCUT2D eigenvalue weighted by atomic mass is 16.2. The van der Waals surface area contributed by atoms with E-state index in [0.29, 0.717) is 31.7 Å². The smallest absolute Gasteiger partial charge is 0.272 e. The first-order chi connectivity index (χ1) is 8.96. The van der Waals surface area contributed by atoms with Gasteiger partial charge < -0.3 is 16.4 Å². The van der Waals surface area contributed by atoms with Gasteiger partial charge >= 0.3 is 0 Å². The van der Waals surface area contributed by atoms with Gasteiger partial charge in [0.1, 0.15) is 5.69 Å². The number of carbonyl (C=O) groups excluding carboxylic acids is 2. The second-order valence-electron chi connectivity index (χ2n) is 5.16. The summed E-state index contributed by atoms with van der Waals surface area (Å²) in [4.78, 5) is 29.3. The summed E-state index contributed by atoms with van der Waals surface area (Å²) in [5.41, 5.74) is 11.5. The van der Waals surface area contributed by atoms with Crippen LogP contribution in [0.1, 0.15) is 29.4 Å². The van der Waals surface area contributed by atoms with E-state index < -0.39 is 5.41 Å². The lowest BCUT2D eigenvalue weighted by molar-refractivity contribution is -0.126. The van der Waals surface area contributed by atoms with Crippen LogP contribution < -0.4 is 11.5 Å². The Bertz CT molecular complexity index is 500. The molecule has 0 aliphatic carbocycles. The van der Waals surface area contributed by atoms with Crippen LogP contribution in [0.25, 0.3) is 0 Å². The van der Waals surface area contributed by atoms with Gasteiger partial charge in [0.05, 0.1) is 5.41 Å². The molecule has 6 heteroatoms. The number of primary amides is 1. The monoisotopic (exact) mass is 262 g/mol. The molecule has 1 unspecified atom stereocenters. The van der Waals surface area contributed by atoms with Gasteiger partial charge in [-0.1, -0.05) is 6.07 Å². The van der Waals surface area contributed by atoms with Crippen LogP contribution in [0.2, 0.25) is 0 Å².